The number of carbonyl (C=O) groups excluding carboxylic acids is 1. The van der Waals surface area contributed by atoms with Gasteiger partial charge in [0.05, 0.1) is 0 Å². The van der Waals surface area contributed by atoms with E-state index in [0.29, 0.717) is 0 Å². The third kappa shape index (κ3) is 3.90. The summed E-state index contributed by atoms with van der Waals surface area (Å²) in [6, 6.07) is 4.29. The summed E-state index contributed by atoms with van der Waals surface area (Å²) in [5, 5.41) is 3.26. The average molecular weight is 323 g/mol. The van der Waals surface area contributed by atoms with Gasteiger partial charge in [0, 0.05) is 0 Å². The monoisotopic (exact) mass is 323 g/mol. The van der Waals surface area contributed by atoms with Crippen molar-refractivity contribution in [2.24, 2.45) is 0 Å². The second kappa shape index (κ2) is 8.11. The number of aryl methyl sites for hydroxylation is 3. The molecule has 1 rings (SSSR count). The van der Waals surface area contributed by atoms with Gasteiger partial charge in [0.2, 0.25) is 0 Å². The van der Waals surface area contributed by atoms with Gasteiger partial charge in [-0.25, -0.2) is 0 Å². The predicted molar refractivity (Wildman–Crippen MR) is 103 cm³/mol. The van der Waals surface area contributed by atoms with E-state index < -0.39 is 7.26 Å². The summed E-state index contributed by atoms with van der Waals surface area (Å²) in [5.74, 6) is 0.245. The molecule has 22 heavy (non-hydrogen) atoms. The number of anilines is 1. The molecule has 0 saturated carbocycles. The van der Waals surface area contributed by atoms with E-state index in [1.165, 1.54) is 24.0 Å². The van der Waals surface area contributed by atoms with Crippen LogP contribution in [0.5, 0.6) is 0 Å². The molecule has 0 heterocycles. The topological polar surface area (TPSA) is 29.1 Å². The minimum absolute atomic E-state index is 0.215. The Hall–Kier alpha value is -0.880. The van der Waals surface area contributed by atoms with Gasteiger partial charge in [-0.05, 0) is 0 Å². The van der Waals surface area contributed by atoms with Gasteiger partial charge in [-0.1, -0.05) is 0 Å². The van der Waals surface area contributed by atoms with E-state index in [2.05, 4.69) is 65.9 Å². The first-order valence-electron chi connectivity index (χ1n) is 8.73. The van der Waals surface area contributed by atoms with Crippen LogP contribution >= 0.6 is 7.26 Å². The van der Waals surface area contributed by atoms with E-state index in [-0.39, 0.29) is 11.6 Å². The molecule has 126 valence electrons. The molecule has 2 nitrogen and oxygen atoms in total. The molecule has 1 amide bonds. The van der Waals surface area contributed by atoms with Gasteiger partial charge < -0.3 is 0 Å². The Morgan fingerprint density at radius 3 is 1.82 bits per heavy atom. The van der Waals surface area contributed by atoms with Crippen LogP contribution in [0.3, 0.4) is 0 Å². The quantitative estimate of drug-likeness (QED) is 0.692. The van der Waals surface area contributed by atoms with Crippen molar-refractivity contribution in [3.05, 3.63) is 28.8 Å². The van der Waals surface area contributed by atoms with Gasteiger partial charge in [0.1, 0.15) is 0 Å². The number of carbonyl (C=O) groups is 1. The van der Waals surface area contributed by atoms with E-state index in [4.69, 9.17) is 0 Å². The second-order valence-electron chi connectivity index (χ2n) is 6.65. The summed E-state index contributed by atoms with van der Waals surface area (Å²) in [4.78, 5) is 13.0. The van der Waals surface area contributed by atoms with Crippen molar-refractivity contribution in [3.8, 4) is 0 Å². The van der Waals surface area contributed by atoms with Crippen LogP contribution in [0.15, 0.2) is 12.1 Å². The normalized spacial score (nSPS) is 13.8. The minimum atomic E-state index is -1.52. The Labute approximate surface area is 137 Å². The maximum absolute atomic E-state index is 13.0. The summed E-state index contributed by atoms with van der Waals surface area (Å²) in [6.07, 6.45) is 4.53. The van der Waals surface area contributed by atoms with Gasteiger partial charge in [0.25, 0.3) is 0 Å². The molecule has 0 bridgehead atoms. The first kappa shape index (κ1) is 19.2. The van der Waals surface area contributed by atoms with E-state index in [1.807, 2.05) is 0 Å². The molecule has 0 aliphatic rings. The van der Waals surface area contributed by atoms with E-state index >= 15 is 0 Å². The number of benzene rings is 1. The summed E-state index contributed by atoms with van der Waals surface area (Å²) in [6.45, 7) is 15.3. The third-order valence-electron chi connectivity index (χ3n) is 5.50. The van der Waals surface area contributed by atoms with Crippen LogP contribution in [0.25, 0.3) is 0 Å². The van der Waals surface area contributed by atoms with Crippen molar-refractivity contribution in [2.45, 2.75) is 60.5 Å². The van der Waals surface area contributed by atoms with Crippen molar-refractivity contribution >= 4 is 18.9 Å². The Bertz CT molecular complexity index is 489. The molecule has 0 aliphatic carbocycles. The fraction of sp³-hybridized carbons (Fsp3) is 0.632. The fourth-order valence-corrected chi connectivity index (χ4v) is 8.45. The van der Waals surface area contributed by atoms with Crippen LogP contribution < -0.4 is 5.32 Å². The Morgan fingerprint density at radius 1 is 1.00 bits per heavy atom. The zero-order chi connectivity index (χ0) is 16.9. The predicted octanol–water partition coefficient (Wildman–Crippen LogP) is 5.14. The Kier molecular flexibility index (Phi) is 7.06. The molecule has 0 aromatic heterocycles. The molecule has 1 atom stereocenters. The Morgan fingerprint density at radius 2 is 1.45 bits per heavy atom. The first-order valence-corrected chi connectivity index (χ1v) is 11.4. The first-order chi connectivity index (χ1) is 10.3. The summed E-state index contributed by atoms with van der Waals surface area (Å²) in [5.41, 5.74) is 4.81. The van der Waals surface area contributed by atoms with Crippen molar-refractivity contribution in [1.29, 1.82) is 0 Å². The van der Waals surface area contributed by atoms with Gasteiger partial charge in [-0.2, -0.15) is 0 Å². The molecule has 0 fully saturated rings. The number of nitrogens with one attached hydrogen (secondary N) is 1. The SMILES string of the molecule is CCC(C(=O)Nc1c(C)cc(C)cc1C)[PH](CC)(CC)CC. The average Bonchev–Trinajstić information content (AvgIpc) is 2.48. The number of hydrogen-bond acceptors (Lipinski definition) is 1. The second-order valence-corrected chi connectivity index (χ2v) is 12.2. The molecule has 0 spiro atoms. The molecule has 0 saturated heterocycles. The fourth-order valence-electron chi connectivity index (χ4n) is 3.97. The van der Waals surface area contributed by atoms with E-state index in [9.17, 15) is 4.79 Å². The van der Waals surface area contributed by atoms with E-state index in [1.54, 1.807) is 0 Å². The van der Waals surface area contributed by atoms with Crippen LogP contribution in [-0.4, -0.2) is 30.1 Å². The molecule has 0 radical (unpaired) electrons. The van der Waals surface area contributed by atoms with Gasteiger partial charge in [0.15, 0.2) is 0 Å². The molecule has 3 heteroatoms. The molecule has 1 aromatic rings. The molecular weight excluding hydrogens is 289 g/mol. The van der Waals surface area contributed by atoms with Gasteiger partial charge >= 0.3 is 137 Å². The number of amides is 1. The van der Waals surface area contributed by atoms with Crippen LogP contribution in [0.2, 0.25) is 0 Å². The van der Waals surface area contributed by atoms with Crippen molar-refractivity contribution in [1.82, 2.24) is 0 Å². The maximum atomic E-state index is 13.0. The molecule has 1 aromatic carbocycles. The molecule has 0 aliphatic heterocycles. The van der Waals surface area contributed by atoms with Crippen LogP contribution in [0.1, 0.15) is 50.8 Å². The van der Waals surface area contributed by atoms with E-state index in [0.717, 1.165) is 23.2 Å². The number of hydrogen-bond donors (Lipinski definition) is 1. The molecule has 1 N–H and O–H groups in total. The van der Waals surface area contributed by atoms with Crippen LogP contribution in [0.4, 0.5) is 5.69 Å². The van der Waals surface area contributed by atoms with Gasteiger partial charge in [-0.15, -0.1) is 0 Å². The third-order valence-corrected chi connectivity index (χ3v) is 11.9. The Balaban J connectivity index is 3.09. The van der Waals surface area contributed by atoms with Crippen molar-refractivity contribution in [2.75, 3.05) is 23.8 Å². The molecular formula is C19H34NOP. The van der Waals surface area contributed by atoms with Crippen molar-refractivity contribution in [3.63, 3.8) is 0 Å². The molecule has 1 unspecified atom stereocenters. The summed E-state index contributed by atoms with van der Waals surface area (Å²) >= 11 is 0. The summed E-state index contributed by atoms with van der Waals surface area (Å²) in [7, 11) is -1.52. The number of rotatable bonds is 7. The summed E-state index contributed by atoms with van der Waals surface area (Å²) < 4.78 is 0. The van der Waals surface area contributed by atoms with Crippen LogP contribution in [-0.2, 0) is 4.79 Å². The van der Waals surface area contributed by atoms with Gasteiger partial charge in [-0.3, -0.25) is 0 Å². The van der Waals surface area contributed by atoms with Crippen molar-refractivity contribution < 1.29 is 4.79 Å². The standard InChI is InChI=1S/C19H34NOP/c1-8-17(22(9-2,10-3)11-4)19(21)20-18-15(6)12-14(5)13-16(18)7/h12-13,17,22H,8-11H2,1-7H3,(H,20,21). The van der Waals surface area contributed by atoms with Crippen LogP contribution in [0, 0.1) is 20.8 Å². The zero-order valence-corrected chi connectivity index (χ0v) is 16.5. The zero-order valence-electron chi connectivity index (χ0n) is 15.5.